The van der Waals surface area contributed by atoms with Gasteiger partial charge in [0.15, 0.2) is 0 Å². The first-order valence-corrected chi connectivity index (χ1v) is 7.52. The number of aromatic nitrogens is 1. The molecule has 5 heteroatoms. The number of hydrogen-bond acceptors (Lipinski definition) is 4. The highest BCUT2D eigenvalue weighted by Gasteiger charge is 2.10. The van der Waals surface area contributed by atoms with Crippen molar-refractivity contribution in [2.75, 3.05) is 23.8 Å². The van der Waals surface area contributed by atoms with Crippen LogP contribution in [0.3, 0.4) is 0 Å². The van der Waals surface area contributed by atoms with Crippen LogP contribution in [0, 0.1) is 11.3 Å². The Morgan fingerprint density at radius 3 is 2.71 bits per heavy atom. The second kappa shape index (κ2) is 6.80. The quantitative estimate of drug-likeness (QED) is 0.802. The first-order chi connectivity index (χ1) is 11.7. The summed E-state index contributed by atoms with van der Waals surface area (Å²) < 4.78 is 0. The molecule has 0 spiro atoms. The molecule has 0 atom stereocenters. The van der Waals surface area contributed by atoms with Crippen LogP contribution in [0.1, 0.15) is 5.56 Å². The van der Waals surface area contributed by atoms with Crippen LogP contribution in [0.25, 0.3) is 10.8 Å². The van der Waals surface area contributed by atoms with E-state index in [1.807, 2.05) is 48.5 Å². The minimum absolute atomic E-state index is 0.125. The maximum atomic E-state index is 12.3. The summed E-state index contributed by atoms with van der Waals surface area (Å²) in [6.45, 7) is 0.169. The van der Waals surface area contributed by atoms with Gasteiger partial charge in [0.2, 0.25) is 5.91 Å². The van der Waals surface area contributed by atoms with E-state index in [-0.39, 0.29) is 12.5 Å². The average molecular weight is 316 g/mol. The first-order valence-electron chi connectivity index (χ1n) is 7.52. The van der Waals surface area contributed by atoms with Gasteiger partial charge >= 0.3 is 0 Å². The van der Waals surface area contributed by atoms with Gasteiger partial charge < -0.3 is 10.2 Å². The standard InChI is InChI=1S/C19H16N4O/c1-23(18-10-9-14(11-20)12-21-18)13-19(24)22-17-8-4-6-15-5-2-3-7-16(15)17/h2-10,12H,13H2,1H3,(H,22,24). The van der Waals surface area contributed by atoms with Crippen molar-refractivity contribution >= 4 is 28.2 Å². The van der Waals surface area contributed by atoms with E-state index in [9.17, 15) is 4.79 Å². The summed E-state index contributed by atoms with van der Waals surface area (Å²) in [5.41, 5.74) is 1.28. The van der Waals surface area contributed by atoms with Gasteiger partial charge in [0.25, 0.3) is 0 Å². The number of amides is 1. The Morgan fingerprint density at radius 1 is 1.17 bits per heavy atom. The second-order valence-electron chi connectivity index (χ2n) is 5.45. The van der Waals surface area contributed by atoms with Gasteiger partial charge in [-0.1, -0.05) is 36.4 Å². The molecule has 0 bridgehead atoms. The fourth-order valence-corrected chi connectivity index (χ4v) is 2.50. The topological polar surface area (TPSA) is 69.0 Å². The zero-order valence-corrected chi connectivity index (χ0v) is 13.2. The van der Waals surface area contributed by atoms with Gasteiger partial charge in [-0.25, -0.2) is 4.98 Å². The summed E-state index contributed by atoms with van der Waals surface area (Å²) in [4.78, 5) is 18.3. The molecule has 1 aromatic heterocycles. The van der Waals surface area contributed by atoms with Crippen LogP contribution in [0.15, 0.2) is 60.8 Å². The van der Waals surface area contributed by atoms with E-state index in [2.05, 4.69) is 10.3 Å². The lowest BCUT2D eigenvalue weighted by molar-refractivity contribution is -0.114. The van der Waals surface area contributed by atoms with Crippen molar-refractivity contribution < 1.29 is 4.79 Å². The highest BCUT2D eigenvalue weighted by molar-refractivity contribution is 6.03. The van der Waals surface area contributed by atoms with Crippen molar-refractivity contribution in [2.45, 2.75) is 0 Å². The number of anilines is 2. The first kappa shape index (κ1) is 15.5. The van der Waals surface area contributed by atoms with Gasteiger partial charge in [-0.15, -0.1) is 0 Å². The van der Waals surface area contributed by atoms with Gasteiger partial charge in [0.1, 0.15) is 11.9 Å². The zero-order valence-electron chi connectivity index (χ0n) is 13.2. The van der Waals surface area contributed by atoms with Gasteiger partial charge in [-0.2, -0.15) is 5.26 Å². The molecule has 118 valence electrons. The molecule has 0 saturated heterocycles. The molecule has 0 aliphatic rings. The number of fused-ring (bicyclic) bond motifs is 1. The van der Waals surface area contributed by atoms with Gasteiger partial charge in [0.05, 0.1) is 12.1 Å². The predicted octanol–water partition coefficient (Wildman–Crippen LogP) is 3.18. The Bertz CT molecular complexity index is 907. The molecule has 3 aromatic rings. The molecule has 24 heavy (non-hydrogen) atoms. The summed E-state index contributed by atoms with van der Waals surface area (Å²) in [5, 5.41) is 13.8. The number of hydrogen-bond donors (Lipinski definition) is 1. The van der Waals surface area contributed by atoms with E-state index in [4.69, 9.17) is 5.26 Å². The number of pyridine rings is 1. The van der Waals surface area contributed by atoms with E-state index < -0.39 is 0 Å². The molecule has 2 aromatic carbocycles. The highest BCUT2D eigenvalue weighted by atomic mass is 16.2. The molecule has 1 amide bonds. The lowest BCUT2D eigenvalue weighted by Gasteiger charge is -2.18. The van der Waals surface area contributed by atoms with Crippen molar-refractivity contribution in [1.29, 1.82) is 5.26 Å². The van der Waals surface area contributed by atoms with Crippen molar-refractivity contribution in [2.24, 2.45) is 0 Å². The monoisotopic (exact) mass is 316 g/mol. The van der Waals surface area contributed by atoms with E-state index >= 15 is 0 Å². The fourth-order valence-electron chi connectivity index (χ4n) is 2.50. The Kier molecular flexibility index (Phi) is 4.39. The molecular weight excluding hydrogens is 300 g/mol. The normalized spacial score (nSPS) is 10.2. The Morgan fingerprint density at radius 2 is 1.96 bits per heavy atom. The zero-order chi connectivity index (χ0) is 16.9. The molecule has 0 aliphatic carbocycles. The summed E-state index contributed by atoms with van der Waals surface area (Å²) in [5.74, 6) is 0.516. The Balaban J connectivity index is 1.71. The van der Waals surface area contributed by atoms with Crippen molar-refractivity contribution in [3.63, 3.8) is 0 Å². The maximum Gasteiger partial charge on any atom is 0.243 e. The number of nitrogens with zero attached hydrogens (tertiary/aromatic N) is 3. The Labute approximate surface area is 140 Å². The number of nitriles is 1. The van der Waals surface area contributed by atoms with E-state index in [0.717, 1.165) is 16.5 Å². The third kappa shape index (κ3) is 3.33. The third-order valence-electron chi connectivity index (χ3n) is 3.71. The van der Waals surface area contributed by atoms with Gasteiger partial charge in [-0.05, 0) is 23.6 Å². The number of rotatable bonds is 4. The number of nitrogens with one attached hydrogen (secondary N) is 1. The van der Waals surface area contributed by atoms with Gasteiger partial charge in [0, 0.05) is 24.3 Å². The number of carbonyl (C=O) groups excluding carboxylic acids is 1. The molecule has 1 N–H and O–H groups in total. The molecule has 5 nitrogen and oxygen atoms in total. The minimum Gasteiger partial charge on any atom is -0.350 e. The van der Waals surface area contributed by atoms with Crippen LogP contribution in [0.2, 0.25) is 0 Å². The molecule has 0 radical (unpaired) electrons. The lowest BCUT2D eigenvalue weighted by Crippen LogP contribution is -2.30. The number of benzene rings is 2. The average Bonchev–Trinajstić information content (AvgIpc) is 2.62. The fraction of sp³-hybridized carbons (Fsp3) is 0.105. The van der Waals surface area contributed by atoms with Crippen molar-refractivity contribution in [1.82, 2.24) is 4.98 Å². The SMILES string of the molecule is CN(CC(=O)Nc1cccc2ccccc12)c1ccc(C#N)cn1. The summed E-state index contributed by atoms with van der Waals surface area (Å²) in [6, 6.07) is 19.2. The summed E-state index contributed by atoms with van der Waals surface area (Å²) in [7, 11) is 1.79. The van der Waals surface area contributed by atoms with Crippen LogP contribution in [0.4, 0.5) is 11.5 Å². The molecule has 3 rings (SSSR count). The number of carbonyl (C=O) groups is 1. The smallest absolute Gasteiger partial charge is 0.243 e. The lowest BCUT2D eigenvalue weighted by atomic mass is 10.1. The van der Waals surface area contributed by atoms with Crippen LogP contribution < -0.4 is 10.2 Å². The van der Waals surface area contributed by atoms with E-state index in [1.54, 1.807) is 24.1 Å². The van der Waals surface area contributed by atoms with E-state index in [0.29, 0.717) is 11.4 Å². The van der Waals surface area contributed by atoms with Crippen molar-refractivity contribution in [3.8, 4) is 6.07 Å². The molecule has 0 aliphatic heterocycles. The third-order valence-corrected chi connectivity index (χ3v) is 3.71. The summed E-state index contributed by atoms with van der Waals surface area (Å²) >= 11 is 0. The molecular formula is C19H16N4O. The van der Waals surface area contributed by atoms with E-state index in [1.165, 1.54) is 6.20 Å². The predicted molar refractivity (Wildman–Crippen MR) is 94.8 cm³/mol. The molecule has 0 unspecified atom stereocenters. The van der Waals surface area contributed by atoms with Crippen LogP contribution >= 0.6 is 0 Å². The van der Waals surface area contributed by atoms with Crippen molar-refractivity contribution in [3.05, 3.63) is 66.4 Å². The highest BCUT2D eigenvalue weighted by Crippen LogP contribution is 2.23. The molecule has 0 saturated carbocycles. The molecule has 1 heterocycles. The second-order valence-corrected chi connectivity index (χ2v) is 5.45. The molecule has 0 fully saturated rings. The van der Waals surface area contributed by atoms with Crippen LogP contribution in [0.5, 0.6) is 0 Å². The number of likely N-dealkylation sites (N-methyl/N-ethyl adjacent to an activating group) is 1. The largest absolute Gasteiger partial charge is 0.350 e. The maximum absolute atomic E-state index is 12.3. The van der Waals surface area contributed by atoms with Crippen LogP contribution in [-0.4, -0.2) is 24.5 Å². The minimum atomic E-state index is -0.125. The summed E-state index contributed by atoms with van der Waals surface area (Å²) in [6.07, 6.45) is 1.49. The van der Waals surface area contributed by atoms with Crippen LogP contribution in [-0.2, 0) is 4.79 Å². The Hall–Kier alpha value is -3.39. The van der Waals surface area contributed by atoms with Gasteiger partial charge in [-0.3, -0.25) is 4.79 Å².